The van der Waals surface area contributed by atoms with Crippen LogP contribution in [0.25, 0.3) is 6.08 Å². The van der Waals surface area contributed by atoms with Gasteiger partial charge in [0.2, 0.25) is 0 Å². The number of hydrogen-bond donors (Lipinski definition) is 1. The van der Waals surface area contributed by atoms with E-state index < -0.39 is 10.1 Å². The Morgan fingerprint density at radius 3 is 2.27 bits per heavy atom. The van der Waals surface area contributed by atoms with Crippen LogP contribution in [0.2, 0.25) is 0 Å². The zero-order valence-corrected chi connectivity index (χ0v) is 17.8. The maximum absolute atomic E-state index is 12.8. The van der Waals surface area contributed by atoms with Crippen LogP contribution in [0.4, 0.5) is 11.4 Å². The molecular formula is C21H23N4O4S+. The van der Waals surface area contributed by atoms with Gasteiger partial charge in [-0.25, -0.2) is 0 Å². The molecule has 156 valence electrons. The van der Waals surface area contributed by atoms with Gasteiger partial charge in [-0.3, -0.25) is 4.79 Å². The van der Waals surface area contributed by atoms with E-state index in [1.165, 1.54) is 29.3 Å². The fourth-order valence-corrected chi connectivity index (χ4v) is 3.45. The molecule has 2 aromatic carbocycles. The Morgan fingerprint density at radius 1 is 1.07 bits per heavy atom. The smallest absolute Gasteiger partial charge is 0.342 e. The third-order valence-corrected chi connectivity index (χ3v) is 5.71. The minimum atomic E-state index is -3.89. The van der Waals surface area contributed by atoms with Crippen LogP contribution in [0, 0.1) is 0 Å². The van der Waals surface area contributed by atoms with Crippen molar-refractivity contribution in [2.24, 2.45) is 5.10 Å². The van der Waals surface area contributed by atoms with E-state index >= 15 is 0 Å². The van der Waals surface area contributed by atoms with Gasteiger partial charge in [-0.1, -0.05) is 28.6 Å². The van der Waals surface area contributed by atoms with E-state index in [-0.39, 0.29) is 10.8 Å². The van der Waals surface area contributed by atoms with Gasteiger partial charge < -0.3 is 4.90 Å². The molecule has 30 heavy (non-hydrogen) atoms. The number of nitrogens with zero attached hydrogens (tertiary/aromatic N) is 3. The highest BCUT2D eigenvalue weighted by Gasteiger charge is 2.28. The summed E-state index contributed by atoms with van der Waals surface area (Å²) >= 11 is 0. The molecule has 0 saturated carbocycles. The molecule has 1 heterocycles. The molecule has 0 fully saturated rings. The standard InChI is InChI=1S/C21H23N4O4S/c1-15-20(6-4-5-16-7-9-17(10-8-16)24(2)3)21(26)25(23-15)18-11-13-19(14-12-18)30(27,28)29-22/h4-14H,1-3,22H3/q+1/b5-4+,20-6-. The molecule has 2 aromatic rings. The summed E-state index contributed by atoms with van der Waals surface area (Å²) in [7, 11) is 0.0714. The van der Waals surface area contributed by atoms with Crippen LogP contribution in [0.5, 0.6) is 0 Å². The molecule has 9 heteroatoms. The van der Waals surface area contributed by atoms with Gasteiger partial charge in [-0.2, -0.15) is 24.4 Å². The molecule has 0 aliphatic carbocycles. The number of hydrazone groups is 1. The minimum Gasteiger partial charge on any atom is -0.378 e. The van der Waals surface area contributed by atoms with Crippen molar-refractivity contribution in [3.63, 3.8) is 0 Å². The molecule has 1 amide bonds. The van der Waals surface area contributed by atoms with Crippen molar-refractivity contribution in [3.05, 3.63) is 71.8 Å². The van der Waals surface area contributed by atoms with E-state index in [1.807, 2.05) is 55.4 Å². The van der Waals surface area contributed by atoms with Crippen LogP contribution in [-0.2, 0) is 19.2 Å². The average molecular weight is 428 g/mol. The second-order valence-corrected chi connectivity index (χ2v) is 8.41. The molecule has 1 aliphatic heterocycles. The van der Waals surface area contributed by atoms with Crippen molar-refractivity contribution in [3.8, 4) is 0 Å². The monoisotopic (exact) mass is 427 g/mol. The number of quaternary nitrogens is 1. The highest BCUT2D eigenvalue weighted by atomic mass is 32.2. The van der Waals surface area contributed by atoms with E-state index in [0.29, 0.717) is 17.0 Å². The predicted octanol–water partition coefficient (Wildman–Crippen LogP) is 1.98. The van der Waals surface area contributed by atoms with Gasteiger partial charge in [-0.15, -0.1) is 0 Å². The van der Waals surface area contributed by atoms with Crippen LogP contribution in [0.15, 0.2) is 76.3 Å². The highest BCUT2D eigenvalue weighted by molar-refractivity contribution is 7.86. The van der Waals surface area contributed by atoms with E-state index in [1.54, 1.807) is 13.0 Å². The van der Waals surface area contributed by atoms with Gasteiger partial charge in [0.25, 0.3) is 5.91 Å². The highest BCUT2D eigenvalue weighted by Crippen LogP contribution is 2.25. The Morgan fingerprint density at radius 2 is 1.70 bits per heavy atom. The summed E-state index contributed by atoms with van der Waals surface area (Å²) in [4.78, 5) is 14.7. The summed E-state index contributed by atoms with van der Waals surface area (Å²) in [5, 5.41) is 5.53. The topological polar surface area (TPSA) is 107 Å². The minimum absolute atomic E-state index is 0.0485. The lowest BCUT2D eigenvalue weighted by molar-refractivity contribution is -0.635. The third kappa shape index (κ3) is 4.48. The largest absolute Gasteiger partial charge is 0.378 e. The zero-order valence-electron chi connectivity index (χ0n) is 16.9. The fourth-order valence-electron chi connectivity index (χ4n) is 2.85. The van der Waals surface area contributed by atoms with E-state index in [0.717, 1.165) is 11.3 Å². The number of hydrogen-bond acceptors (Lipinski definition) is 6. The Labute approximate surface area is 175 Å². The predicted molar refractivity (Wildman–Crippen MR) is 116 cm³/mol. The van der Waals surface area contributed by atoms with E-state index in [2.05, 4.69) is 15.3 Å². The summed E-state index contributed by atoms with van der Waals surface area (Å²) in [5.74, 6) is 2.65. The molecular weight excluding hydrogens is 404 g/mol. The van der Waals surface area contributed by atoms with Crippen molar-refractivity contribution < 1.29 is 23.4 Å². The van der Waals surface area contributed by atoms with Crippen molar-refractivity contribution in [1.29, 1.82) is 0 Å². The Balaban J connectivity index is 1.76. The number of anilines is 2. The fraction of sp³-hybridized carbons (Fsp3) is 0.143. The van der Waals surface area contributed by atoms with Gasteiger partial charge in [0.1, 0.15) is 0 Å². The molecule has 0 bridgehead atoms. The maximum Gasteiger partial charge on any atom is 0.342 e. The summed E-state index contributed by atoms with van der Waals surface area (Å²) in [5.41, 5.74) is 3.61. The summed E-state index contributed by atoms with van der Waals surface area (Å²) in [6.07, 6.45) is 5.44. The summed E-state index contributed by atoms with van der Waals surface area (Å²) in [6, 6.07) is 13.7. The van der Waals surface area contributed by atoms with Crippen LogP contribution >= 0.6 is 0 Å². The van der Waals surface area contributed by atoms with Gasteiger partial charge in [0, 0.05) is 19.8 Å². The third-order valence-electron chi connectivity index (χ3n) is 4.55. The van der Waals surface area contributed by atoms with Crippen molar-refractivity contribution in [1.82, 2.24) is 0 Å². The van der Waals surface area contributed by atoms with Crippen molar-refractivity contribution in [2.75, 3.05) is 24.0 Å². The lowest BCUT2D eigenvalue weighted by Crippen LogP contribution is -2.50. The quantitative estimate of drug-likeness (QED) is 0.560. The first-order chi connectivity index (χ1) is 14.2. The first-order valence-electron chi connectivity index (χ1n) is 9.07. The van der Waals surface area contributed by atoms with Crippen LogP contribution < -0.4 is 15.8 Å². The van der Waals surface area contributed by atoms with Crippen LogP contribution in [0.3, 0.4) is 0 Å². The van der Waals surface area contributed by atoms with Gasteiger partial charge in [0.15, 0.2) is 0 Å². The van der Waals surface area contributed by atoms with Crippen molar-refractivity contribution in [2.45, 2.75) is 11.8 Å². The van der Waals surface area contributed by atoms with Gasteiger partial charge in [0.05, 0.1) is 21.9 Å². The maximum atomic E-state index is 12.8. The molecule has 8 nitrogen and oxygen atoms in total. The van der Waals surface area contributed by atoms with Crippen LogP contribution in [-0.4, -0.2) is 34.1 Å². The second-order valence-electron chi connectivity index (χ2n) is 6.79. The molecule has 1 aliphatic rings. The normalized spacial score (nSPS) is 15.9. The Hall–Kier alpha value is -3.27. The second kappa shape index (κ2) is 8.62. The molecule has 0 unspecified atom stereocenters. The number of carbonyl (C=O) groups is 1. The van der Waals surface area contributed by atoms with Crippen LogP contribution in [0.1, 0.15) is 12.5 Å². The summed E-state index contributed by atoms with van der Waals surface area (Å²) in [6.45, 7) is 1.75. The Bertz CT molecular complexity index is 1130. The number of allylic oxidation sites excluding steroid dienone is 2. The average Bonchev–Trinajstić information content (AvgIpc) is 3.02. The van der Waals surface area contributed by atoms with Gasteiger partial charge >= 0.3 is 10.1 Å². The zero-order chi connectivity index (χ0) is 21.9. The first-order valence-corrected chi connectivity index (χ1v) is 10.5. The SMILES string of the molecule is CC1=NN(c2ccc(S(=O)(=O)O[NH3+])cc2)C(=O)/C1=C\C=C\c1ccc(N(C)C)cc1. The number of amides is 1. The lowest BCUT2D eigenvalue weighted by Gasteiger charge is -2.12. The number of carbonyl (C=O) groups excluding carboxylic acids is 1. The molecule has 0 radical (unpaired) electrons. The molecule has 0 saturated heterocycles. The molecule has 3 N–H and O–H groups in total. The number of rotatable bonds is 6. The van der Waals surface area contributed by atoms with E-state index in [4.69, 9.17) is 0 Å². The lowest BCUT2D eigenvalue weighted by atomic mass is 10.1. The first kappa shape index (κ1) is 21.4. The Kier molecular flexibility index (Phi) is 6.16. The van der Waals surface area contributed by atoms with E-state index in [9.17, 15) is 13.2 Å². The molecule has 0 aromatic heterocycles. The number of benzene rings is 2. The van der Waals surface area contributed by atoms with Crippen molar-refractivity contribution >= 4 is 39.2 Å². The molecule has 0 atom stereocenters. The van der Waals surface area contributed by atoms with Gasteiger partial charge in [-0.05, 0) is 55.0 Å². The summed E-state index contributed by atoms with van der Waals surface area (Å²) < 4.78 is 27.6. The molecule has 3 rings (SSSR count). The molecule has 0 spiro atoms.